The zero-order valence-corrected chi connectivity index (χ0v) is 12.2. The lowest BCUT2D eigenvalue weighted by Crippen LogP contribution is -2.35. The lowest BCUT2D eigenvalue weighted by molar-refractivity contribution is 0.342. The molecular weight excluding hydrogens is 248 g/mol. The highest BCUT2D eigenvalue weighted by Gasteiger charge is 2.48. The molecule has 2 bridgehead atoms. The molecule has 0 amide bonds. The van der Waals surface area contributed by atoms with Crippen molar-refractivity contribution < 1.29 is 0 Å². The molecule has 0 spiro atoms. The topological polar surface area (TPSA) is 56.7 Å². The second-order valence-corrected chi connectivity index (χ2v) is 6.73. The summed E-state index contributed by atoms with van der Waals surface area (Å²) < 4.78 is 2.38. The molecule has 2 aromatic rings. The minimum absolute atomic E-state index is 0.288. The predicted molar refractivity (Wildman–Crippen MR) is 79.5 cm³/mol. The summed E-state index contributed by atoms with van der Waals surface area (Å²) in [5.74, 6) is 3.08. The number of imidazole rings is 1. The molecule has 2 aromatic heterocycles. The molecule has 4 atom stereocenters. The molecule has 2 N–H and O–H groups in total. The van der Waals surface area contributed by atoms with E-state index in [4.69, 9.17) is 10.7 Å². The molecular formula is C16H22N4. The van der Waals surface area contributed by atoms with E-state index in [9.17, 15) is 0 Å². The van der Waals surface area contributed by atoms with E-state index in [1.165, 1.54) is 30.6 Å². The lowest BCUT2D eigenvalue weighted by Gasteiger charge is -2.29. The molecule has 106 valence electrons. The Bertz CT molecular complexity index is 643. The van der Waals surface area contributed by atoms with Gasteiger partial charge in [-0.3, -0.25) is 4.98 Å². The van der Waals surface area contributed by atoms with E-state index in [1.54, 1.807) is 0 Å². The fourth-order valence-corrected chi connectivity index (χ4v) is 4.47. The van der Waals surface area contributed by atoms with Crippen molar-refractivity contribution >= 4 is 11.0 Å². The molecule has 0 radical (unpaired) electrons. The maximum Gasteiger partial charge on any atom is 0.115 e. The first-order chi connectivity index (χ1) is 9.66. The Labute approximate surface area is 119 Å². The van der Waals surface area contributed by atoms with Gasteiger partial charge in [-0.2, -0.15) is 0 Å². The van der Waals surface area contributed by atoms with Crippen LogP contribution in [0, 0.1) is 11.8 Å². The third kappa shape index (κ3) is 1.57. The van der Waals surface area contributed by atoms with Gasteiger partial charge in [-0.1, -0.05) is 0 Å². The number of aromatic nitrogens is 3. The van der Waals surface area contributed by atoms with Crippen LogP contribution in [0.3, 0.4) is 0 Å². The van der Waals surface area contributed by atoms with Crippen LogP contribution in [0.15, 0.2) is 18.5 Å². The van der Waals surface area contributed by atoms with Crippen LogP contribution in [-0.2, 0) is 0 Å². The third-order valence-corrected chi connectivity index (χ3v) is 5.31. The second-order valence-electron chi connectivity index (χ2n) is 6.73. The van der Waals surface area contributed by atoms with E-state index < -0.39 is 0 Å². The summed E-state index contributed by atoms with van der Waals surface area (Å²) in [6, 6.07) is 2.77. The molecule has 0 aliphatic heterocycles. The normalized spacial score (nSPS) is 32.6. The van der Waals surface area contributed by atoms with Gasteiger partial charge in [0.05, 0.1) is 11.7 Å². The van der Waals surface area contributed by atoms with Gasteiger partial charge in [0.1, 0.15) is 11.3 Å². The number of fused-ring (bicyclic) bond motifs is 3. The Balaban J connectivity index is 1.89. The molecule has 4 unspecified atom stereocenters. The minimum atomic E-state index is 0.288. The lowest BCUT2D eigenvalue weighted by atomic mass is 9.84. The number of hydrogen-bond acceptors (Lipinski definition) is 3. The van der Waals surface area contributed by atoms with Crippen molar-refractivity contribution in [2.24, 2.45) is 17.6 Å². The summed E-state index contributed by atoms with van der Waals surface area (Å²) in [7, 11) is 0. The van der Waals surface area contributed by atoms with Gasteiger partial charge in [0.15, 0.2) is 0 Å². The highest BCUT2D eigenvalue weighted by atomic mass is 15.1. The SMILES string of the molecule is CC(C)n1c(C2C3CCC(C3)C2N)nc2cnccc21. The van der Waals surface area contributed by atoms with Gasteiger partial charge in [0, 0.05) is 24.2 Å². The monoisotopic (exact) mass is 270 g/mol. The van der Waals surface area contributed by atoms with E-state index in [0.717, 1.165) is 11.4 Å². The highest BCUT2D eigenvalue weighted by Crippen LogP contribution is 2.52. The Morgan fingerprint density at radius 2 is 2.10 bits per heavy atom. The highest BCUT2D eigenvalue weighted by molar-refractivity contribution is 5.75. The fraction of sp³-hybridized carbons (Fsp3) is 0.625. The largest absolute Gasteiger partial charge is 0.327 e. The van der Waals surface area contributed by atoms with Crippen molar-refractivity contribution in [3.8, 4) is 0 Å². The predicted octanol–water partition coefficient (Wildman–Crippen LogP) is 2.85. The van der Waals surface area contributed by atoms with Crippen LogP contribution in [0.2, 0.25) is 0 Å². The van der Waals surface area contributed by atoms with Gasteiger partial charge < -0.3 is 10.3 Å². The summed E-state index contributed by atoms with van der Waals surface area (Å²) in [5, 5.41) is 0. The van der Waals surface area contributed by atoms with Gasteiger partial charge in [-0.05, 0) is 51.0 Å². The molecule has 2 heterocycles. The molecule has 4 heteroatoms. The summed E-state index contributed by atoms with van der Waals surface area (Å²) in [5.41, 5.74) is 8.72. The Kier molecular flexibility index (Phi) is 2.64. The van der Waals surface area contributed by atoms with Crippen molar-refractivity contribution in [2.45, 2.75) is 51.1 Å². The van der Waals surface area contributed by atoms with Crippen molar-refractivity contribution in [1.29, 1.82) is 0 Å². The van der Waals surface area contributed by atoms with Crippen LogP contribution in [0.25, 0.3) is 11.0 Å². The van der Waals surface area contributed by atoms with Crippen LogP contribution >= 0.6 is 0 Å². The smallest absolute Gasteiger partial charge is 0.115 e. The van der Waals surface area contributed by atoms with Gasteiger partial charge in [0.2, 0.25) is 0 Å². The maximum absolute atomic E-state index is 6.52. The van der Waals surface area contributed by atoms with Crippen LogP contribution in [0.4, 0.5) is 0 Å². The maximum atomic E-state index is 6.52. The van der Waals surface area contributed by atoms with Crippen molar-refractivity contribution in [3.05, 3.63) is 24.3 Å². The number of rotatable bonds is 2. The number of nitrogens with two attached hydrogens (primary N) is 1. The quantitative estimate of drug-likeness (QED) is 0.913. The standard InChI is InChI=1S/C16H22N4/c1-9(2)20-13-5-6-18-8-12(13)19-16(20)14-10-3-4-11(7-10)15(14)17/h5-6,8-11,14-15H,3-4,7,17H2,1-2H3. The Morgan fingerprint density at radius 1 is 1.30 bits per heavy atom. The number of hydrogen-bond donors (Lipinski definition) is 1. The molecule has 0 aromatic carbocycles. The van der Waals surface area contributed by atoms with E-state index >= 15 is 0 Å². The molecule has 2 aliphatic rings. The minimum Gasteiger partial charge on any atom is -0.327 e. The summed E-state index contributed by atoms with van der Waals surface area (Å²) in [6.45, 7) is 4.45. The zero-order chi connectivity index (χ0) is 13.9. The van der Waals surface area contributed by atoms with Crippen LogP contribution < -0.4 is 5.73 Å². The molecule has 0 saturated heterocycles. The first-order valence-electron chi connectivity index (χ1n) is 7.74. The number of nitrogens with zero attached hydrogens (tertiary/aromatic N) is 3. The Morgan fingerprint density at radius 3 is 2.80 bits per heavy atom. The van der Waals surface area contributed by atoms with E-state index in [0.29, 0.717) is 17.9 Å². The van der Waals surface area contributed by atoms with Crippen molar-refractivity contribution in [1.82, 2.24) is 14.5 Å². The Hall–Kier alpha value is -1.42. The van der Waals surface area contributed by atoms with Gasteiger partial charge >= 0.3 is 0 Å². The first-order valence-corrected chi connectivity index (χ1v) is 7.74. The average Bonchev–Trinajstić information content (AvgIpc) is 3.09. The van der Waals surface area contributed by atoms with Gasteiger partial charge in [-0.25, -0.2) is 4.98 Å². The average molecular weight is 270 g/mol. The van der Waals surface area contributed by atoms with E-state index in [-0.39, 0.29) is 6.04 Å². The fourth-order valence-electron chi connectivity index (χ4n) is 4.47. The molecule has 4 rings (SSSR count). The van der Waals surface area contributed by atoms with Crippen molar-refractivity contribution in [2.75, 3.05) is 0 Å². The summed E-state index contributed by atoms with van der Waals surface area (Å²) in [4.78, 5) is 9.12. The van der Waals surface area contributed by atoms with Gasteiger partial charge in [0.25, 0.3) is 0 Å². The second kappa shape index (κ2) is 4.29. The van der Waals surface area contributed by atoms with Crippen LogP contribution in [0.1, 0.15) is 50.9 Å². The molecule has 2 saturated carbocycles. The van der Waals surface area contributed by atoms with Gasteiger partial charge in [-0.15, -0.1) is 0 Å². The van der Waals surface area contributed by atoms with E-state index in [2.05, 4.69) is 29.5 Å². The van der Waals surface area contributed by atoms with Crippen LogP contribution in [0.5, 0.6) is 0 Å². The molecule has 4 nitrogen and oxygen atoms in total. The van der Waals surface area contributed by atoms with Crippen LogP contribution in [-0.4, -0.2) is 20.6 Å². The molecule has 20 heavy (non-hydrogen) atoms. The van der Waals surface area contributed by atoms with E-state index in [1.807, 2.05) is 12.4 Å². The first kappa shape index (κ1) is 12.3. The van der Waals surface area contributed by atoms with Crippen molar-refractivity contribution in [3.63, 3.8) is 0 Å². The zero-order valence-electron chi connectivity index (χ0n) is 12.2. The molecule has 2 fully saturated rings. The summed E-state index contributed by atoms with van der Waals surface area (Å²) in [6.07, 6.45) is 7.66. The molecule has 2 aliphatic carbocycles. The third-order valence-electron chi connectivity index (χ3n) is 5.31. The number of pyridine rings is 1. The summed E-state index contributed by atoms with van der Waals surface area (Å²) >= 11 is 0.